The maximum absolute atomic E-state index is 14.1. The zero-order valence-electron chi connectivity index (χ0n) is 22.3. The van der Waals surface area contributed by atoms with Gasteiger partial charge in [0, 0.05) is 43.2 Å². The van der Waals surface area contributed by atoms with E-state index in [0.717, 1.165) is 48.7 Å². The predicted octanol–water partition coefficient (Wildman–Crippen LogP) is 6.08. The van der Waals surface area contributed by atoms with E-state index in [1.165, 1.54) is 6.42 Å². The first-order valence-electron chi connectivity index (χ1n) is 13.6. The number of aromatic nitrogens is 6. The van der Waals surface area contributed by atoms with Crippen LogP contribution in [0.3, 0.4) is 0 Å². The normalized spacial score (nSPS) is 19.4. The zero-order chi connectivity index (χ0) is 28.1. The van der Waals surface area contributed by atoms with E-state index in [1.54, 1.807) is 6.33 Å². The topological polar surface area (TPSA) is 93.5 Å². The molecule has 3 aromatic heterocycles. The third kappa shape index (κ3) is 5.25. The second-order valence-electron chi connectivity index (χ2n) is 11.0. The fraction of sp³-hybridized carbons (Fsp3) is 0.500. The van der Waals surface area contributed by atoms with Crippen molar-refractivity contribution in [1.29, 1.82) is 0 Å². The minimum atomic E-state index is -4.61. The molecule has 1 aliphatic carbocycles. The van der Waals surface area contributed by atoms with Crippen LogP contribution in [0.1, 0.15) is 67.7 Å². The molecule has 1 aliphatic heterocycles. The Morgan fingerprint density at radius 2 is 1.93 bits per heavy atom. The highest BCUT2D eigenvalue weighted by molar-refractivity contribution is 14.1. The molecule has 0 radical (unpaired) electrons. The average Bonchev–Trinajstić information content (AvgIpc) is 3.51. The van der Waals surface area contributed by atoms with E-state index < -0.39 is 15.4 Å². The number of H-pyrrole nitrogens is 1. The summed E-state index contributed by atoms with van der Waals surface area (Å²) in [4.78, 5) is 4.13. The van der Waals surface area contributed by atoms with Gasteiger partial charge in [-0.3, -0.25) is 10.4 Å². The molecule has 4 heterocycles. The molecule has 212 valence electrons. The number of fused-ring (bicyclic) bond motifs is 1. The van der Waals surface area contributed by atoms with Gasteiger partial charge in [0.05, 0.1) is 11.2 Å². The van der Waals surface area contributed by atoms with Crippen LogP contribution in [-0.2, 0) is 21.5 Å². The Bertz CT molecular complexity index is 1510. The minimum Gasteiger partial charge on any atom is -0.381 e. The summed E-state index contributed by atoms with van der Waals surface area (Å²) in [5.74, 6) is 1.38. The van der Waals surface area contributed by atoms with Gasteiger partial charge in [-0.25, -0.2) is 4.98 Å². The predicted molar refractivity (Wildman–Crippen MR) is 153 cm³/mol. The molecule has 0 amide bonds. The molecule has 40 heavy (non-hydrogen) atoms. The summed E-state index contributed by atoms with van der Waals surface area (Å²) in [6.07, 6.45) is 2.05. The first-order valence-corrected chi connectivity index (χ1v) is 14.6. The van der Waals surface area contributed by atoms with E-state index in [0.29, 0.717) is 35.7 Å². The van der Waals surface area contributed by atoms with Crippen LogP contribution in [-0.4, -0.2) is 49.2 Å². The standard InChI is InChI=1S/C28H31F3IN7O/c1-27(32,35-19-9-11-40-12-10-19)25-24-20(14-21(34-25)28(29,30)31)23(36-37-24)18-8-4-7-17(13-18)22(16-5-3-6-16)26-38-33-15-39(26)2/h4,7-8,13-16,19,22,35H,3,5-6,9-12H2,1-2H3,(H,36,37)/t22-,27+/m1/s1. The number of nitrogens with zero attached hydrogens (tertiary/aromatic N) is 5. The lowest BCUT2D eigenvalue weighted by molar-refractivity contribution is -0.141. The third-order valence-corrected chi connectivity index (χ3v) is 8.97. The number of aryl methyl sites for hydroxylation is 1. The van der Waals surface area contributed by atoms with E-state index in [4.69, 9.17) is 4.74 Å². The average molecular weight is 666 g/mol. The highest BCUT2D eigenvalue weighted by Crippen LogP contribution is 2.44. The van der Waals surface area contributed by atoms with Crippen LogP contribution in [0.4, 0.5) is 13.2 Å². The first-order chi connectivity index (χ1) is 19.1. The molecular formula is C28H31F3IN7O. The van der Waals surface area contributed by atoms with Gasteiger partial charge < -0.3 is 9.30 Å². The second-order valence-corrected chi connectivity index (χ2v) is 13.1. The van der Waals surface area contributed by atoms with Crippen molar-refractivity contribution in [2.24, 2.45) is 13.0 Å². The van der Waals surface area contributed by atoms with Crippen molar-refractivity contribution in [3.8, 4) is 11.3 Å². The van der Waals surface area contributed by atoms with Gasteiger partial charge in [0.2, 0.25) is 0 Å². The number of alkyl halides is 4. The van der Waals surface area contributed by atoms with Crippen molar-refractivity contribution >= 4 is 33.5 Å². The molecule has 2 aliphatic rings. The summed E-state index contributed by atoms with van der Waals surface area (Å²) in [7, 11) is 1.94. The van der Waals surface area contributed by atoms with Crippen molar-refractivity contribution in [2.75, 3.05) is 13.2 Å². The highest BCUT2D eigenvalue weighted by atomic mass is 127. The molecule has 6 rings (SSSR count). The van der Waals surface area contributed by atoms with Crippen molar-refractivity contribution < 1.29 is 17.9 Å². The monoisotopic (exact) mass is 665 g/mol. The molecule has 1 saturated heterocycles. The number of pyridine rings is 1. The molecular weight excluding hydrogens is 634 g/mol. The van der Waals surface area contributed by atoms with Crippen molar-refractivity contribution in [1.82, 2.24) is 35.3 Å². The Morgan fingerprint density at radius 1 is 1.15 bits per heavy atom. The maximum atomic E-state index is 14.1. The molecule has 8 nitrogen and oxygen atoms in total. The highest BCUT2D eigenvalue weighted by Gasteiger charge is 2.38. The SMILES string of the molecule is Cn1cnnc1[C@@H](c1cccc(-c2n[nH]c3c([C@@](C)(I)NC4CCOCC4)nc(C(F)(F)F)cc23)c1)C1CCC1. The fourth-order valence-corrected chi connectivity index (χ4v) is 6.70. The van der Waals surface area contributed by atoms with Crippen molar-refractivity contribution in [2.45, 2.75) is 60.7 Å². The largest absolute Gasteiger partial charge is 0.433 e. The number of hydrogen-bond donors (Lipinski definition) is 2. The summed E-state index contributed by atoms with van der Waals surface area (Å²) < 4.78 is 48.9. The van der Waals surface area contributed by atoms with Crippen LogP contribution in [0.5, 0.6) is 0 Å². The van der Waals surface area contributed by atoms with E-state index in [1.807, 2.05) is 36.7 Å². The fourth-order valence-electron chi connectivity index (χ4n) is 5.87. The lowest BCUT2D eigenvalue weighted by Gasteiger charge is -2.33. The van der Waals surface area contributed by atoms with Crippen LogP contribution in [0.2, 0.25) is 0 Å². The molecule has 1 saturated carbocycles. The Kier molecular flexibility index (Phi) is 7.36. The quantitative estimate of drug-likeness (QED) is 0.141. The molecule has 2 N–H and O–H groups in total. The number of halogens is 4. The van der Waals surface area contributed by atoms with Gasteiger partial charge in [0.1, 0.15) is 27.1 Å². The van der Waals surface area contributed by atoms with E-state index in [9.17, 15) is 13.2 Å². The van der Waals surface area contributed by atoms with Crippen LogP contribution < -0.4 is 5.32 Å². The van der Waals surface area contributed by atoms with E-state index in [-0.39, 0.29) is 17.7 Å². The van der Waals surface area contributed by atoms with Crippen molar-refractivity contribution in [3.05, 3.63) is 59.4 Å². The molecule has 2 atom stereocenters. The lowest BCUT2D eigenvalue weighted by Crippen LogP contribution is -2.45. The molecule has 12 heteroatoms. The molecule has 0 spiro atoms. The van der Waals surface area contributed by atoms with Gasteiger partial charge in [0.15, 0.2) is 0 Å². The smallest absolute Gasteiger partial charge is 0.381 e. The van der Waals surface area contributed by atoms with E-state index in [2.05, 4.69) is 59.4 Å². The Hall–Kier alpha value is -2.58. The summed E-state index contributed by atoms with van der Waals surface area (Å²) in [6.45, 7) is 3.10. The lowest BCUT2D eigenvalue weighted by atomic mass is 9.72. The first kappa shape index (κ1) is 27.6. The number of nitrogens with one attached hydrogen (secondary N) is 2. The molecule has 0 bridgehead atoms. The van der Waals surface area contributed by atoms with Crippen molar-refractivity contribution in [3.63, 3.8) is 0 Å². The van der Waals surface area contributed by atoms with Gasteiger partial charge >= 0.3 is 6.18 Å². The van der Waals surface area contributed by atoms with Gasteiger partial charge in [-0.2, -0.15) is 18.3 Å². The Morgan fingerprint density at radius 3 is 2.58 bits per heavy atom. The second kappa shape index (κ2) is 10.7. The summed E-state index contributed by atoms with van der Waals surface area (Å²) in [5.41, 5.74) is 2.11. The minimum absolute atomic E-state index is 0.0516. The van der Waals surface area contributed by atoms with Gasteiger partial charge in [0.25, 0.3) is 0 Å². The van der Waals surface area contributed by atoms with Gasteiger partial charge in [-0.05, 0) is 56.2 Å². The van der Waals surface area contributed by atoms with Gasteiger partial charge in [-0.1, -0.05) is 47.2 Å². The summed E-state index contributed by atoms with van der Waals surface area (Å²) in [6, 6.07) is 9.15. The number of aromatic amines is 1. The molecule has 2 fully saturated rings. The number of hydrogen-bond acceptors (Lipinski definition) is 6. The van der Waals surface area contributed by atoms with Crippen LogP contribution >= 0.6 is 22.6 Å². The number of benzene rings is 1. The Labute approximate surface area is 243 Å². The number of rotatable bonds is 7. The third-order valence-electron chi connectivity index (χ3n) is 8.15. The number of ether oxygens (including phenoxy) is 1. The van der Waals surface area contributed by atoms with E-state index >= 15 is 0 Å². The van der Waals surface area contributed by atoms with Crippen LogP contribution in [0.25, 0.3) is 22.2 Å². The molecule has 1 aromatic carbocycles. The maximum Gasteiger partial charge on any atom is 0.433 e. The molecule has 0 unspecified atom stereocenters. The Balaban J connectivity index is 1.44. The summed E-state index contributed by atoms with van der Waals surface area (Å²) in [5, 5.41) is 20.0. The van der Waals surface area contributed by atoms with Gasteiger partial charge in [-0.15, -0.1) is 10.2 Å². The summed E-state index contributed by atoms with van der Waals surface area (Å²) >= 11 is 2.16. The van der Waals surface area contributed by atoms with Crippen LogP contribution in [0.15, 0.2) is 36.7 Å². The zero-order valence-corrected chi connectivity index (χ0v) is 24.5. The molecule has 4 aromatic rings. The van der Waals surface area contributed by atoms with Crippen LogP contribution in [0, 0.1) is 5.92 Å².